The van der Waals surface area contributed by atoms with Crippen LogP contribution in [0, 0.1) is 0 Å². The first-order chi connectivity index (χ1) is 7.91. The van der Waals surface area contributed by atoms with E-state index in [0.29, 0.717) is 0 Å². The van der Waals surface area contributed by atoms with E-state index in [2.05, 4.69) is 40.3 Å². The number of hydrogen-bond acceptors (Lipinski definition) is 2. The van der Waals surface area contributed by atoms with Crippen LogP contribution in [0.5, 0.6) is 0 Å². The molecule has 0 radical (unpaired) electrons. The van der Waals surface area contributed by atoms with Gasteiger partial charge in [-0.25, -0.2) is 0 Å². The van der Waals surface area contributed by atoms with Crippen molar-refractivity contribution in [2.75, 3.05) is 14.1 Å². The SMILES string of the molecule is CC(NC(C)c1cccc(Br)c1)C(=O)N(C)C. The third kappa shape index (κ3) is 4.13. The van der Waals surface area contributed by atoms with E-state index in [1.54, 1.807) is 19.0 Å². The monoisotopic (exact) mass is 298 g/mol. The molecule has 0 aliphatic carbocycles. The van der Waals surface area contributed by atoms with E-state index >= 15 is 0 Å². The first-order valence-electron chi connectivity index (χ1n) is 5.64. The summed E-state index contributed by atoms with van der Waals surface area (Å²) in [5.74, 6) is 0.0897. The van der Waals surface area contributed by atoms with Crippen molar-refractivity contribution in [1.82, 2.24) is 10.2 Å². The first kappa shape index (κ1) is 14.2. The Balaban J connectivity index is 2.66. The standard InChI is InChI=1S/C13H19BrN2O/c1-9(11-6-5-7-12(14)8-11)15-10(2)13(17)16(3)4/h5-10,15H,1-4H3. The van der Waals surface area contributed by atoms with Gasteiger partial charge in [-0.1, -0.05) is 28.1 Å². The first-order valence-corrected chi connectivity index (χ1v) is 6.43. The Hall–Kier alpha value is -0.870. The van der Waals surface area contributed by atoms with Crippen LogP contribution in [0.4, 0.5) is 0 Å². The number of carbonyl (C=O) groups is 1. The highest BCUT2D eigenvalue weighted by Crippen LogP contribution is 2.18. The van der Waals surface area contributed by atoms with Gasteiger partial charge in [0.1, 0.15) is 0 Å². The van der Waals surface area contributed by atoms with E-state index in [-0.39, 0.29) is 18.0 Å². The Labute approximate surface area is 111 Å². The van der Waals surface area contributed by atoms with Crippen LogP contribution in [0.25, 0.3) is 0 Å². The number of likely N-dealkylation sites (N-methyl/N-ethyl adjacent to an activating group) is 1. The number of hydrogen-bond donors (Lipinski definition) is 1. The zero-order valence-electron chi connectivity index (χ0n) is 10.7. The summed E-state index contributed by atoms with van der Waals surface area (Å²) in [6.45, 7) is 3.94. The summed E-state index contributed by atoms with van der Waals surface area (Å²) in [7, 11) is 3.54. The number of halogens is 1. The van der Waals surface area contributed by atoms with E-state index in [9.17, 15) is 4.79 Å². The predicted octanol–water partition coefficient (Wildman–Crippen LogP) is 2.58. The summed E-state index contributed by atoms with van der Waals surface area (Å²) < 4.78 is 1.05. The molecule has 0 bridgehead atoms. The Bertz CT molecular complexity index is 393. The van der Waals surface area contributed by atoms with E-state index in [1.165, 1.54) is 0 Å². The maximum atomic E-state index is 11.7. The minimum Gasteiger partial charge on any atom is -0.347 e. The molecule has 2 unspecified atom stereocenters. The lowest BCUT2D eigenvalue weighted by Crippen LogP contribution is -2.42. The number of benzene rings is 1. The van der Waals surface area contributed by atoms with Gasteiger partial charge in [0.15, 0.2) is 0 Å². The van der Waals surface area contributed by atoms with Crippen LogP contribution in [0.3, 0.4) is 0 Å². The fourth-order valence-corrected chi connectivity index (χ4v) is 2.12. The van der Waals surface area contributed by atoms with Gasteiger partial charge in [0, 0.05) is 24.6 Å². The molecule has 4 heteroatoms. The van der Waals surface area contributed by atoms with Crippen molar-refractivity contribution >= 4 is 21.8 Å². The molecule has 0 saturated carbocycles. The molecule has 0 saturated heterocycles. The largest absolute Gasteiger partial charge is 0.347 e. The number of nitrogens with one attached hydrogen (secondary N) is 1. The molecule has 0 heterocycles. The Kier molecular flexibility index (Phi) is 5.15. The summed E-state index contributed by atoms with van der Waals surface area (Å²) in [6.07, 6.45) is 0. The van der Waals surface area contributed by atoms with Crippen LogP contribution < -0.4 is 5.32 Å². The number of carbonyl (C=O) groups excluding carboxylic acids is 1. The molecule has 3 nitrogen and oxygen atoms in total. The normalized spacial score (nSPS) is 14.2. The average molecular weight is 299 g/mol. The molecule has 94 valence electrons. The van der Waals surface area contributed by atoms with Crippen LogP contribution in [0.2, 0.25) is 0 Å². The minimum absolute atomic E-state index is 0.0897. The molecule has 0 fully saturated rings. The highest BCUT2D eigenvalue weighted by atomic mass is 79.9. The molecule has 0 spiro atoms. The molecule has 0 aliphatic rings. The minimum atomic E-state index is -0.181. The molecule has 2 atom stereocenters. The van der Waals surface area contributed by atoms with E-state index in [4.69, 9.17) is 0 Å². The molecule has 1 aromatic carbocycles. The maximum absolute atomic E-state index is 11.7. The van der Waals surface area contributed by atoms with Gasteiger partial charge in [-0.2, -0.15) is 0 Å². The molecule has 17 heavy (non-hydrogen) atoms. The smallest absolute Gasteiger partial charge is 0.238 e. The fourth-order valence-electron chi connectivity index (χ4n) is 1.71. The average Bonchev–Trinajstić information content (AvgIpc) is 2.27. The van der Waals surface area contributed by atoms with E-state index < -0.39 is 0 Å². The second kappa shape index (κ2) is 6.17. The molecule has 1 amide bonds. The van der Waals surface area contributed by atoms with Crippen molar-refractivity contribution in [3.63, 3.8) is 0 Å². The maximum Gasteiger partial charge on any atom is 0.238 e. The second-order valence-electron chi connectivity index (χ2n) is 4.40. The van der Waals surface area contributed by atoms with Crippen molar-refractivity contribution in [1.29, 1.82) is 0 Å². The molecular formula is C13H19BrN2O. The Morgan fingerprint density at radius 2 is 2.00 bits per heavy atom. The molecule has 1 N–H and O–H groups in total. The van der Waals surface area contributed by atoms with Crippen molar-refractivity contribution in [2.45, 2.75) is 25.9 Å². The van der Waals surface area contributed by atoms with Crippen LogP contribution >= 0.6 is 15.9 Å². The lowest BCUT2D eigenvalue weighted by atomic mass is 10.1. The molecule has 1 rings (SSSR count). The van der Waals surface area contributed by atoms with Gasteiger partial charge < -0.3 is 4.90 Å². The zero-order valence-corrected chi connectivity index (χ0v) is 12.3. The van der Waals surface area contributed by atoms with Gasteiger partial charge >= 0.3 is 0 Å². The van der Waals surface area contributed by atoms with Crippen molar-refractivity contribution in [3.8, 4) is 0 Å². The predicted molar refractivity (Wildman–Crippen MR) is 73.8 cm³/mol. The third-order valence-electron chi connectivity index (χ3n) is 2.66. The molecule has 0 aromatic heterocycles. The van der Waals surface area contributed by atoms with Gasteiger partial charge in [-0.3, -0.25) is 10.1 Å². The zero-order chi connectivity index (χ0) is 13.0. The number of amides is 1. The Morgan fingerprint density at radius 1 is 1.35 bits per heavy atom. The van der Waals surface area contributed by atoms with Crippen LogP contribution in [0.15, 0.2) is 28.7 Å². The second-order valence-corrected chi connectivity index (χ2v) is 5.31. The number of rotatable bonds is 4. The van der Waals surface area contributed by atoms with Crippen molar-refractivity contribution < 1.29 is 4.79 Å². The van der Waals surface area contributed by atoms with Crippen LogP contribution in [-0.2, 0) is 4.79 Å². The quantitative estimate of drug-likeness (QED) is 0.927. The number of nitrogens with zero attached hydrogens (tertiary/aromatic N) is 1. The third-order valence-corrected chi connectivity index (χ3v) is 3.15. The van der Waals surface area contributed by atoms with Gasteiger partial charge in [-0.15, -0.1) is 0 Å². The molecule has 0 aliphatic heterocycles. The summed E-state index contributed by atoms with van der Waals surface area (Å²) in [4.78, 5) is 13.3. The fraction of sp³-hybridized carbons (Fsp3) is 0.462. The van der Waals surface area contributed by atoms with E-state index in [1.807, 2.05) is 19.1 Å². The van der Waals surface area contributed by atoms with E-state index in [0.717, 1.165) is 10.0 Å². The van der Waals surface area contributed by atoms with Gasteiger partial charge in [0.05, 0.1) is 6.04 Å². The topological polar surface area (TPSA) is 32.3 Å². The highest BCUT2D eigenvalue weighted by molar-refractivity contribution is 9.10. The lowest BCUT2D eigenvalue weighted by molar-refractivity contribution is -0.130. The lowest BCUT2D eigenvalue weighted by Gasteiger charge is -2.22. The highest BCUT2D eigenvalue weighted by Gasteiger charge is 2.17. The van der Waals surface area contributed by atoms with Crippen molar-refractivity contribution in [3.05, 3.63) is 34.3 Å². The Morgan fingerprint density at radius 3 is 2.53 bits per heavy atom. The van der Waals surface area contributed by atoms with Gasteiger partial charge in [-0.05, 0) is 31.5 Å². The summed E-state index contributed by atoms with van der Waals surface area (Å²) in [5.41, 5.74) is 1.16. The summed E-state index contributed by atoms with van der Waals surface area (Å²) >= 11 is 3.45. The summed E-state index contributed by atoms with van der Waals surface area (Å²) in [5, 5.41) is 3.29. The van der Waals surface area contributed by atoms with Crippen molar-refractivity contribution in [2.24, 2.45) is 0 Å². The summed E-state index contributed by atoms with van der Waals surface area (Å²) in [6, 6.07) is 8.06. The molecular weight excluding hydrogens is 280 g/mol. The van der Waals surface area contributed by atoms with Crippen LogP contribution in [-0.4, -0.2) is 30.9 Å². The van der Waals surface area contributed by atoms with Gasteiger partial charge in [0.2, 0.25) is 5.91 Å². The van der Waals surface area contributed by atoms with Crippen LogP contribution in [0.1, 0.15) is 25.5 Å². The molecule has 1 aromatic rings. The van der Waals surface area contributed by atoms with Gasteiger partial charge in [0.25, 0.3) is 0 Å².